The predicted molar refractivity (Wildman–Crippen MR) is 105 cm³/mol. The highest BCUT2D eigenvalue weighted by Crippen LogP contribution is 2.35. The number of amides is 2. The number of likely N-dealkylation sites (tertiary alicyclic amines) is 2. The minimum absolute atomic E-state index is 0.0181. The van der Waals surface area contributed by atoms with Gasteiger partial charge in [-0.2, -0.15) is 0 Å². The number of hydrogen-bond donors (Lipinski definition) is 0. The van der Waals surface area contributed by atoms with Crippen LogP contribution in [0.5, 0.6) is 0 Å². The van der Waals surface area contributed by atoms with Crippen molar-refractivity contribution in [2.75, 3.05) is 32.8 Å². The molecular formula is C22H29FN2O4. The van der Waals surface area contributed by atoms with Crippen LogP contribution in [-0.2, 0) is 25.5 Å². The Bertz CT molecular complexity index is 752. The molecule has 0 aromatic heterocycles. The summed E-state index contributed by atoms with van der Waals surface area (Å²) in [6.07, 6.45) is 3.95. The maximum atomic E-state index is 13.3. The minimum Gasteiger partial charge on any atom is -0.466 e. The fraction of sp³-hybridized carbons (Fsp3) is 0.591. The Morgan fingerprint density at radius 3 is 2.59 bits per heavy atom. The number of benzene rings is 1. The van der Waals surface area contributed by atoms with Gasteiger partial charge < -0.3 is 14.5 Å². The molecule has 1 aromatic rings. The summed E-state index contributed by atoms with van der Waals surface area (Å²) in [4.78, 5) is 41.2. The maximum Gasteiger partial charge on any atom is 0.314 e. The van der Waals surface area contributed by atoms with Gasteiger partial charge in [0.15, 0.2) is 0 Å². The molecular weight excluding hydrogens is 375 g/mol. The maximum absolute atomic E-state index is 13.3. The average molecular weight is 404 g/mol. The molecule has 2 aliphatic rings. The zero-order valence-corrected chi connectivity index (χ0v) is 17.0. The van der Waals surface area contributed by atoms with E-state index in [1.165, 1.54) is 12.1 Å². The van der Waals surface area contributed by atoms with Crippen molar-refractivity contribution in [1.29, 1.82) is 0 Å². The molecule has 2 fully saturated rings. The molecule has 2 aliphatic heterocycles. The van der Waals surface area contributed by atoms with Gasteiger partial charge in [-0.05, 0) is 56.7 Å². The van der Waals surface area contributed by atoms with Crippen LogP contribution in [0.4, 0.5) is 4.39 Å². The van der Waals surface area contributed by atoms with Crippen LogP contribution >= 0.6 is 0 Å². The van der Waals surface area contributed by atoms with Crippen LogP contribution < -0.4 is 0 Å². The van der Waals surface area contributed by atoms with Crippen molar-refractivity contribution < 1.29 is 23.5 Å². The number of esters is 1. The van der Waals surface area contributed by atoms with E-state index >= 15 is 0 Å². The molecule has 0 spiro atoms. The van der Waals surface area contributed by atoms with Gasteiger partial charge in [-0.15, -0.1) is 0 Å². The van der Waals surface area contributed by atoms with Crippen molar-refractivity contribution in [2.24, 2.45) is 5.41 Å². The van der Waals surface area contributed by atoms with E-state index in [0.29, 0.717) is 38.8 Å². The zero-order chi connectivity index (χ0) is 20.9. The van der Waals surface area contributed by atoms with Crippen molar-refractivity contribution in [2.45, 2.75) is 45.4 Å². The van der Waals surface area contributed by atoms with E-state index < -0.39 is 5.41 Å². The Morgan fingerprint density at radius 2 is 1.90 bits per heavy atom. The highest BCUT2D eigenvalue weighted by Gasteiger charge is 2.45. The zero-order valence-electron chi connectivity index (χ0n) is 17.0. The molecule has 0 radical (unpaired) electrons. The lowest BCUT2D eigenvalue weighted by molar-refractivity contribution is -0.161. The first kappa shape index (κ1) is 21.3. The average Bonchev–Trinajstić information content (AvgIpc) is 2.72. The molecule has 3 rings (SSSR count). The van der Waals surface area contributed by atoms with Gasteiger partial charge in [0, 0.05) is 26.1 Å². The van der Waals surface area contributed by atoms with Gasteiger partial charge in [0.1, 0.15) is 5.82 Å². The fourth-order valence-corrected chi connectivity index (χ4v) is 4.30. The second-order valence-corrected chi connectivity index (χ2v) is 8.00. The SMILES string of the molecule is CCOC(=O)[C@]1(Cc2ccc(F)cc2)CCCN(C(=O)CN2CCCCC2=O)C1. The van der Waals surface area contributed by atoms with Crippen molar-refractivity contribution in [3.05, 3.63) is 35.6 Å². The molecule has 6 nitrogen and oxygen atoms in total. The highest BCUT2D eigenvalue weighted by molar-refractivity contribution is 5.86. The highest BCUT2D eigenvalue weighted by atomic mass is 19.1. The van der Waals surface area contributed by atoms with E-state index in [0.717, 1.165) is 18.4 Å². The largest absolute Gasteiger partial charge is 0.466 e. The first-order chi connectivity index (χ1) is 13.9. The van der Waals surface area contributed by atoms with Crippen LogP contribution in [0, 0.1) is 11.2 Å². The third kappa shape index (κ3) is 5.14. The van der Waals surface area contributed by atoms with Gasteiger partial charge in [0.2, 0.25) is 11.8 Å². The summed E-state index contributed by atoms with van der Waals surface area (Å²) < 4.78 is 18.6. The number of piperidine rings is 2. The number of hydrogen-bond acceptors (Lipinski definition) is 4. The Labute approximate surface area is 171 Å². The molecule has 29 heavy (non-hydrogen) atoms. The van der Waals surface area contributed by atoms with Crippen LogP contribution in [0.2, 0.25) is 0 Å². The first-order valence-corrected chi connectivity index (χ1v) is 10.4. The molecule has 0 bridgehead atoms. The van der Waals surface area contributed by atoms with Gasteiger partial charge in [-0.3, -0.25) is 14.4 Å². The summed E-state index contributed by atoms with van der Waals surface area (Å²) in [5.74, 6) is -0.765. The summed E-state index contributed by atoms with van der Waals surface area (Å²) in [6, 6.07) is 6.09. The molecule has 2 saturated heterocycles. The Kier molecular flexibility index (Phi) is 6.87. The quantitative estimate of drug-likeness (QED) is 0.684. The number of halogens is 1. The van der Waals surface area contributed by atoms with Crippen LogP contribution in [-0.4, -0.2) is 60.4 Å². The number of ether oxygens (including phenoxy) is 1. The Hall–Kier alpha value is -2.44. The molecule has 2 amide bonds. The first-order valence-electron chi connectivity index (χ1n) is 10.4. The number of nitrogens with zero attached hydrogens (tertiary/aromatic N) is 2. The molecule has 0 aliphatic carbocycles. The third-order valence-corrected chi connectivity index (χ3v) is 5.84. The molecule has 7 heteroatoms. The summed E-state index contributed by atoms with van der Waals surface area (Å²) in [6.45, 7) is 3.51. The summed E-state index contributed by atoms with van der Waals surface area (Å²) in [5.41, 5.74) is -0.0202. The van der Waals surface area contributed by atoms with E-state index in [9.17, 15) is 18.8 Å². The second-order valence-electron chi connectivity index (χ2n) is 8.00. The van der Waals surface area contributed by atoms with E-state index in [2.05, 4.69) is 0 Å². The Morgan fingerprint density at radius 1 is 1.14 bits per heavy atom. The molecule has 0 N–H and O–H groups in total. The van der Waals surface area contributed by atoms with Crippen LogP contribution in [0.1, 0.15) is 44.6 Å². The predicted octanol–water partition coefficient (Wildman–Crippen LogP) is 2.55. The van der Waals surface area contributed by atoms with Crippen molar-refractivity contribution >= 4 is 17.8 Å². The van der Waals surface area contributed by atoms with Crippen molar-refractivity contribution in [1.82, 2.24) is 9.80 Å². The normalized spacial score (nSPS) is 22.5. The smallest absolute Gasteiger partial charge is 0.314 e. The van der Waals surface area contributed by atoms with Crippen molar-refractivity contribution in [3.63, 3.8) is 0 Å². The molecule has 1 aromatic carbocycles. The summed E-state index contributed by atoms with van der Waals surface area (Å²) in [5, 5.41) is 0. The second kappa shape index (κ2) is 9.37. The van der Waals surface area contributed by atoms with Crippen LogP contribution in [0.25, 0.3) is 0 Å². The summed E-state index contributed by atoms with van der Waals surface area (Å²) in [7, 11) is 0. The molecule has 158 valence electrons. The van der Waals surface area contributed by atoms with E-state index in [-0.39, 0.29) is 43.3 Å². The van der Waals surface area contributed by atoms with Gasteiger partial charge in [-0.25, -0.2) is 4.39 Å². The van der Waals surface area contributed by atoms with Gasteiger partial charge in [0.25, 0.3) is 0 Å². The molecule has 0 unspecified atom stereocenters. The third-order valence-electron chi connectivity index (χ3n) is 5.84. The standard InChI is InChI=1S/C22H29FN2O4/c1-2-29-21(28)22(14-17-7-9-18(23)10-8-17)11-5-13-25(16-22)20(27)15-24-12-4-3-6-19(24)26/h7-10H,2-6,11-16H2,1H3/t22-/m0/s1. The van der Waals surface area contributed by atoms with E-state index in [1.807, 2.05) is 0 Å². The Balaban J connectivity index is 1.75. The molecule has 2 heterocycles. The number of carbonyl (C=O) groups excluding carboxylic acids is 3. The van der Waals surface area contributed by atoms with Gasteiger partial charge in [-0.1, -0.05) is 12.1 Å². The van der Waals surface area contributed by atoms with E-state index in [4.69, 9.17) is 4.74 Å². The van der Waals surface area contributed by atoms with E-state index in [1.54, 1.807) is 28.9 Å². The number of rotatable bonds is 6. The minimum atomic E-state index is -0.854. The van der Waals surface area contributed by atoms with Crippen LogP contribution in [0.15, 0.2) is 24.3 Å². The van der Waals surface area contributed by atoms with Crippen molar-refractivity contribution in [3.8, 4) is 0 Å². The lowest BCUT2D eigenvalue weighted by atomic mass is 9.75. The van der Waals surface area contributed by atoms with Gasteiger partial charge in [0.05, 0.1) is 18.6 Å². The lowest BCUT2D eigenvalue weighted by Crippen LogP contribution is -2.54. The molecule has 1 atom stereocenters. The molecule has 0 saturated carbocycles. The van der Waals surface area contributed by atoms with Crippen LogP contribution in [0.3, 0.4) is 0 Å². The lowest BCUT2D eigenvalue weighted by Gasteiger charge is -2.41. The van der Waals surface area contributed by atoms with Gasteiger partial charge >= 0.3 is 5.97 Å². The monoisotopic (exact) mass is 404 g/mol. The number of carbonyl (C=O) groups is 3. The summed E-state index contributed by atoms with van der Waals surface area (Å²) >= 11 is 0. The topological polar surface area (TPSA) is 66.9 Å². The fourth-order valence-electron chi connectivity index (χ4n) is 4.30.